The van der Waals surface area contributed by atoms with Gasteiger partial charge in [-0.1, -0.05) is 30.3 Å². The van der Waals surface area contributed by atoms with E-state index in [4.69, 9.17) is 0 Å². The molecule has 0 aliphatic carbocycles. The Bertz CT molecular complexity index is 831. The highest BCUT2D eigenvalue weighted by Crippen LogP contribution is 2.21. The van der Waals surface area contributed by atoms with Crippen molar-refractivity contribution in [1.82, 2.24) is 20.5 Å². The molecule has 0 bridgehead atoms. The molecule has 0 atom stereocenters. The maximum Gasteiger partial charge on any atom is 0.241 e. The number of hydrogen-bond donors (Lipinski definition) is 2. The number of carbonyl (C=O) groups is 1. The summed E-state index contributed by atoms with van der Waals surface area (Å²) < 4.78 is 0. The molecular weight excluding hydrogens is 509 g/mol. The summed E-state index contributed by atoms with van der Waals surface area (Å²) in [6, 6.07) is 10.6. The number of hydrogen-bond acceptors (Lipinski definition) is 4. The van der Waals surface area contributed by atoms with Crippen LogP contribution in [0.5, 0.6) is 0 Å². The summed E-state index contributed by atoms with van der Waals surface area (Å²) in [6.45, 7) is 6.63. The lowest BCUT2D eigenvalue weighted by Gasteiger charge is -2.32. The molecular formula is C22H32IN5OS. The molecule has 0 unspecified atom stereocenters. The second-order valence-corrected chi connectivity index (χ2v) is 8.82. The molecule has 1 amide bonds. The van der Waals surface area contributed by atoms with Crippen molar-refractivity contribution in [2.75, 3.05) is 26.7 Å². The lowest BCUT2D eigenvalue weighted by molar-refractivity contribution is -0.131. The number of amides is 1. The minimum atomic E-state index is 0. The number of piperidine rings is 1. The molecule has 1 aliphatic rings. The van der Waals surface area contributed by atoms with Crippen LogP contribution in [0, 0.1) is 19.8 Å². The van der Waals surface area contributed by atoms with E-state index in [1.54, 1.807) is 18.4 Å². The number of carbonyl (C=O) groups excluding carboxylic acids is 1. The summed E-state index contributed by atoms with van der Waals surface area (Å²) in [7, 11) is 1.72. The van der Waals surface area contributed by atoms with Crippen molar-refractivity contribution >= 4 is 47.2 Å². The van der Waals surface area contributed by atoms with E-state index in [0.29, 0.717) is 18.4 Å². The summed E-state index contributed by atoms with van der Waals surface area (Å²) in [4.78, 5) is 24.4. The molecule has 0 radical (unpaired) electrons. The highest BCUT2D eigenvalue weighted by molar-refractivity contribution is 14.0. The van der Waals surface area contributed by atoms with Gasteiger partial charge >= 0.3 is 0 Å². The van der Waals surface area contributed by atoms with Crippen LogP contribution in [0.25, 0.3) is 0 Å². The SMILES string of the molecule is CN=C(NCC(=O)N1CCC(Cc2ccccc2)CC1)NCc1sc(C)nc1C.I. The third-order valence-electron chi connectivity index (χ3n) is 5.38. The van der Waals surface area contributed by atoms with Gasteiger partial charge in [-0.25, -0.2) is 4.98 Å². The van der Waals surface area contributed by atoms with Gasteiger partial charge in [-0.15, -0.1) is 35.3 Å². The predicted molar refractivity (Wildman–Crippen MR) is 135 cm³/mol. The molecule has 8 heteroatoms. The molecule has 2 aromatic rings. The Balaban J connectivity index is 0.00000320. The first-order chi connectivity index (χ1) is 14.0. The molecule has 3 rings (SSSR count). The first-order valence-electron chi connectivity index (χ1n) is 10.2. The smallest absolute Gasteiger partial charge is 0.241 e. The Morgan fingerprint density at radius 3 is 2.50 bits per heavy atom. The molecule has 2 heterocycles. The Hall–Kier alpha value is -1.68. The number of benzene rings is 1. The summed E-state index contributed by atoms with van der Waals surface area (Å²) in [5.41, 5.74) is 2.44. The minimum absolute atomic E-state index is 0. The van der Waals surface area contributed by atoms with Crippen molar-refractivity contribution in [1.29, 1.82) is 0 Å². The van der Waals surface area contributed by atoms with Crippen molar-refractivity contribution in [3.63, 3.8) is 0 Å². The van der Waals surface area contributed by atoms with Crippen LogP contribution in [0.1, 0.15) is 34.0 Å². The summed E-state index contributed by atoms with van der Waals surface area (Å²) in [6.07, 6.45) is 3.24. The molecule has 1 aliphatic heterocycles. The first kappa shape index (κ1) is 24.6. The number of nitrogens with zero attached hydrogens (tertiary/aromatic N) is 3. The molecule has 1 aromatic heterocycles. The van der Waals surface area contributed by atoms with Gasteiger partial charge in [-0.05, 0) is 44.6 Å². The van der Waals surface area contributed by atoms with Crippen LogP contribution in [-0.2, 0) is 17.8 Å². The van der Waals surface area contributed by atoms with E-state index in [-0.39, 0.29) is 36.4 Å². The van der Waals surface area contributed by atoms with Gasteiger partial charge in [0.2, 0.25) is 5.91 Å². The average Bonchev–Trinajstić information content (AvgIpc) is 3.06. The third-order valence-corrected chi connectivity index (χ3v) is 6.45. The normalized spacial score (nSPS) is 14.9. The van der Waals surface area contributed by atoms with Crippen LogP contribution in [0.4, 0.5) is 0 Å². The zero-order valence-electron chi connectivity index (χ0n) is 18.0. The molecule has 1 fully saturated rings. The van der Waals surface area contributed by atoms with Crippen LogP contribution in [-0.4, -0.2) is 48.4 Å². The second kappa shape index (κ2) is 12.2. The van der Waals surface area contributed by atoms with Crippen LogP contribution in [0.15, 0.2) is 35.3 Å². The Kier molecular flexibility index (Phi) is 10.0. The number of rotatable bonds is 6. The monoisotopic (exact) mass is 541 g/mol. The lowest BCUT2D eigenvalue weighted by atomic mass is 9.90. The van der Waals surface area contributed by atoms with Crippen molar-refractivity contribution in [2.24, 2.45) is 10.9 Å². The summed E-state index contributed by atoms with van der Waals surface area (Å²) in [5.74, 6) is 1.44. The predicted octanol–water partition coefficient (Wildman–Crippen LogP) is 3.52. The zero-order chi connectivity index (χ0) is 20.6. The Morgan fingerprint density at radius 2 is 1.90 bits per heavy atom. The maximum absolute atomic E-state index is 12.6. The van der Waals surface area contributed by atoms with Gasteiger partial charge in [0.1, 0.15) is 0 Å². The lowest BCUT2D eigenvalue weighted by Crippen LogP contribution is -2.46. The molecule has 1 aromatic carbocycles. The van der Waals surface area contributed by atoms with Crippen LogP contribution < -0.4 is 10.6 Å². The maximum atomic E-state index is 12.6. The number of thiazole rings is 1. The second-order valence-electron chi connectivity index (χ2n) is 7.53. The molecule has 0 spiro atoms. The largest absolute Gasteiger partial charge is 0.351 e. The van der Waals surface area contributed by atoms with E-state index < -0.39 is 0 Å². The number of guanidine groups is 1. The fraction of sp³-hybridized carbons (Fsp3) is 0.500. The van der Waals surface area contributed by atoms with Gasteiger partial charge in [-0.3, -0.25) is 9.79 Å². The van der Waals surface area contributed by atoms with E-state index in [1.165, 1.54) is 10.4 Å². The van der Waals surface area contributed by atoms with E-state index in [0.717, 1.165) is 43.1 Å². The highest BCUT2D eigenvalue weighted by Gasteiger charge is 2.23. The van der Waals surface area contributed by atoms with Crippen LogP contribution in [0.3, 0.4) is 0 Å². The standard InChI is InChI=1S/C22H31N5OS.HI/c1-16-20(29-17(2)26-16)14-24-22(23-3)25-15-21(28)27-11-9-19(10-12-27)13-18-7-5-4-6-8-18;/h4-8,19H,9-15H2,1-3H3,(H2,23,24,25);1H. The topological polar surface area (TPSA) is 69.6 Å². The molecule has 30 heavy (non-hydrogen) atoms. The van der Waals surface area contributed by atoms with E-state index in [9.17, 15) is 4.79 Å². The van der Waals surface area contributed by atoms with Crippen molar-refractivity contribution in [2.45, 2.75) is 39.7 Å². The molecule has 164 valence electrons. The number of likely N-dealkylation sites (tertiary alicyclic amines) is 1. The fourth-order valence-electron chi connectivity index (χ4n) is 3.73. The van der Waals surface area contributed by atoms with Crippen molar-refractivity contribution in [3.8, 4) is 0 Å². The highest BCUT2D eigenvalue weighted by atomic mass is 127. The van der Waals surface area contributed by atoms with Gasteiger partial charge in [0, 0.05) is 25.0 Å². The number of nitrogens with one attached hydrogen (secondary N) is 2. The molecule has 6 nitrogen and oxygen atoms in total. The minimum Gasteiger partial charge on any atom is -0.351 e. The summed E-state index contributed by atoms with van der Waals surface area (Å²) in [5, 5.41) is 7.48. The Labute approximate surface area is 200 Å². The van der Waals surface area contributed by atoms with E-state index >= 15 is 0 Å². The summed E-state index contributed by atoms with van der Waals surface area (Å²) >= 11 is 1.68. The third kappa shape index (κ3) is 7.23. The van der Waals surface area contributed by atoms with Crippen LogP contribution in [0.2, 0.25) is 0 Å². The van der Waals surface area contributed by atoms with Gasteiger partial charge in [0.25, 0.3) is 0 Å². The van der Waals surface area contributed by atoms with Crippen LogP contribution >= 0.6 is 35.3 Å². The quantitative estimate of drug-likeness (QED) is 0.334. The number of aromatic nitrogens is 1. The van der Waals surface area contributed by atoms with Gasteiger partial charge in [-0.2, -0.15) is 0 Å². The van der Waals surface area contributed by atoms with Crippen molar-refractivity contribution in [3.05, 3.63) is 51.5 Å². The molecule has 0 saturated carbocycles. The zero-order valence-corrected chi connectivity index (χ0v) is 21.1. The molecule has 2 N–H and O–H groups in total. The number of aryl methyl sites for hydroxylation is 2. The van der Waals surface area contributed by atoms with Gasteiger partial charge < -0.3 is 15.5 Å². The first-order valence-corrected chi connectivity index (χ1v) is 11.1. The van der Waals surface area contributed by atoms with Gasteiger partial charge in [0.15, 0.2) is 5.96 Å². The fourth-order valence-corrected chi connectivity index (χ4v) is 4.60. The van der Waals surface area contributed by atoms with E-state index in [2.05, 4.69) is 50.9 Å². The molecule has 1 saturated heterocycles. The number of halogens is 1. The van der Waals surface area contributed by atoms with Crippen molar-refractivity contribution < 1.29 is 4.79 Å². The van der Waals surface area contributed by atoms with Gasteiger partial charge in [0.05, 0.1) is 23.8 Å². The average molecular weight is 542 g/mol. The van der Waals surface area contributed by atoms with E-state index in [1.807, 2.05) is 18.7 Å². The Morgan fingerprint density at radius 1 is 1.20 bits per heavy atom. The number of aliphatic imine (C=N–C) groups is 1.